The quantitative estimate of drug-likeness (QED) is 0.876. The van der Waals surface area contributed by atoms with Crippen LogP contribution < -0.4 is 5.73 Å². The molecule has 1 atom stereocenters. The minimum Gasteiger partial charge on any atom is -0.320 e. The molecule has 0 fully saturated rings. The molecule has 0 aliphatic rings. The molecule has 0 aromatic heterocycles. The lowest BCUT2D eigenvalue weighted by atomic mass is 9.96. The molecule has 0 aliphatic carbocycles. The van der Waals surface area contributed by atoms with Gasteiger partial charge < -0.3 is 5.73 Å². The Morgan fingerprint density at radius 1 is 1.17 bits per heavy atom. The van der Waals surface area contributed by atoms with E-state index >= 15 is 0 Å². The van der Waals surface area contributed by atoms with Crippen molar-refractivity contribution in [2.24, 2.45) is 5.73 Å². The highest BCUT2D eigenvalue weighted by molar-refractivity contribution is 6.31. The van der Waals surface area contributed by atoms with Gasteiger partial charge in [-0.2, -0.15) is 0 Å². The lowest BCUT2D eigenvalue weighted by Crippen LogP contribution is -2.12. The zero-order valence-corrected chi connectivity index (χ0v) is 11.5. The van der Waals surface area contributed by atoms with Gasteiger partial charge in [0.25, 0.3) is 0 Å². The monoisotopic (exact) mass is 259 g/mol. The Morgan fingerprint density at radius 2 is 1.94 bits per heavy atom. The van der Waals surface area contributed by atoms with Crippen molar-refractivity contribution < 1.29 is 0 Å². The van der Waals surface area contributed by atoms with E-state index in [1.165, 1.54) is 5.56 Å². The summed E-state index contributed by atoms with van der Waals surface area (Å²) in [6, 6.07) is 14.2. The van der Waals surface area contributed by atoms with Crippen molar-refractivity contribution in [2.75, 3.05) is 0 Å². The molecule has 0 bridgehead atoms. The van der Waals surface area contributed by atoms with Crippen molar-refractivity contribution in [3.05, 3.63) is 69.7 Å². The second-order valence-corrected chi connectivity index (χ2v) is 5.01. The summed E-state index contributed by atoms with van der Waals surface area (Å²) in [7, 11) is 0. The summed E-state index contributed by atoms with van der Waals surface area (Å²) in [6.45, 7) is 4.17. The highest BCUT2D eigenvalue weighted by Crippen LogP contribution is 2.27. The lowest BCUT2D eigenvalue weighted by molar-refractivity contribution is 0.867. The van der Waals surface area contributed by atoms with E-state index in [0.29, 0.717) is 0 Å². The summed E-state index contributed by atoms with van der Waals surface area (Å²) in [5, 5.41) is 0.740. The molecule has 2 N–H and O–H groups in total. The van der Waals surface area contributed by atoms with Crippen molar-refractivity contribution in [2.45, 2.75) is 26.3 Å². The van der Waals surface area contributed by atoms with E-state index in [1.807, 2.05) is 25.1 Å². The van der Waals surface area contributed by atoms with Crippen molar-refractivity contribution in [3.8, 4) is 0 Å². The first-order valence-corrected chi connectivity index (χ1v) is 6.60. The summed E-state index contributed by atoms with van der Waals surface area (Å²) >= 11 is 6.27. The average molecular weight is 260 g/mol. The first kappa shape index (κ1) is 13.1. The predicted molar refractivity (Wildman–Crippen MR) is 78.0 cm³/mol. The fraction of sp³-hybridized carbons (Fsp3) is 0.250. The Bertz CT molecular complexity index is 549. The highest BCUT2D eigenvalue weighted by atomic mass is 35.5. The maximum atomic E-state index is 6.31. The molecule has 1 unspecified atom stereocenters. The van der Waals surface area contributed by atoms with Gasteiger partial charge in [0, 0.05) is 5.02 Å². The van der Waals surface area contributed by atoms with Crippen LogP contribution in [0.4, 0.5) is 0 Å². The van der Waals surface area contributed by atoms with Crippen LogP contribution in [0.25, 0.3) is 0 Å². The summed E-state index contributed by atoms with van der Waals surface area (Å²) in [6.07, 6.45) is 1.02. The van der Waals surface area contributed by atoms with Gasteiger partial charge in [0.15, 0.2) is 0 Å². The zero-order chi connectivity index (χ0) is 13.1. The summed E-state index contributed by atoms with van der Waals surface area (Å²) in [5.74, 6) is 0. The lowest BCUT2D eigenvalue weighted by Gasteiger charge is -2.15. The smallest absolute Gasteiger partial charge is 0.0566 e. The molecule has 94 valence electrons. The van der Waals surface area contributed by atoms with E-state index in [4.69, 9.17) is 17.3 Å². The Hall–Kier alpha value is -1.31. The van der Waals surface area contributed by atoms with Crippen LogP contribution in [0, 0.1) is 6.92 Å². The van der Waals surface area contributed by atoms with Crippen LogP contribution in [-0.4, -0.2) is 0 Å². The van der Waals surface area contributed by atoms with Crippen molar-refractivity contribution in [3.63, 3.8) is 0 Å². The highest BCUT2D eigenvalue weighted by Gasteiger charge is 2.12. The van der Waals surface area contributed by atoms with Crippen LogP contribution in [0.5, 0.6) is 0 Å². The SMILES string of the molecule is CCc1cccc(C(N)c2ccc(C)cc2Cl)c1. The molecule has 2 aromatic carbocycles. The fourth-order valence-corrected chi connectivity index (χ4v) is 2.42. The number of halogens is 1. The number of nitrogens with two attached hydrogens (primary N) is 1. The molecule has 0 saturated carbocycles. The summed E-state index contributed by atoms with van der Waals surface area (Å²) in [4.78, 5) is 0. The van der Waals surface area contributed by atoms with Gasteiger partial charge in [-0.3, -0.25) is 0 Å². The van der Waals surface area contributed by atoms with Gasteiger partial charge in [-0.15, -0.1) is 0 Å². The number of hydrogen-bond acceptors (Lipinski definition) is 1. The second kappa shape index (κ2) is 5.55. The van der Waals surface area contributed by atoms with Gasteiger partial charge in [-0.25, -0.2) is 0 Å². The molecule has 0 spiro atoms. The van der Waals surface area contributed by atoms with E-state index in [-0.39, 0.29) is 6.04 Å². The third kappa shape index (κ3) is 2.74. The Labute approximate surface area is 114 Å². The summed E-state index contributed by atoms with van der Waals surface area (Å²) in [5.41, 5.74) is 10.8. The molecule has 2 heteroatoms. The number of aryl methyl sites for hydroxylation is 2. The van der Waals surface area contributed by atoms with E-state index in [9.17, 15) is 0 Å². The second-order valence-electron chi connectivity index (χ2n) is 4.60. The van der Waals surface area contributed by atoms with E-state index in [1.54, 1.807) is 0 Å². The van der Waals surface area contributed by atoms with Crippen molar-refractivity contribution >= 4 is 11.6 Å². The van der Waals surface area contributed by atoms with Gasteiger partial charge >= 0.3 is 0 Å². The van der Waals surface area contributed by atoms with Crippen molar-refractivity contribution in [1.29, 1.82) is 0 Å². The standard InChI is InChI=1S/C16H18ClN/c1-3-12-5-4-6-13(10-12)16(18)14-8-7-11(2)9-15(14)17/h4-10,16H,3,18H2,1-2H3. The van der Waals surface area contributed by atoms with Crippen LogP contribution >= 0.6 is 11.6 Å². The molecule has 0 amide bonds. The molecule has 2 aromatic rings. The largest absolute Gasteiger partial charge is 0.320 e. The maximum absolute atomic E-state index is 6.31. The first-order chi connectivity index (χ1) is 8.61. The van der Waals surface area contributed by atoms with Gasteiger partial charge in [0.2, 0.25) is 0 Å². The molecule has 1 nitrogen and oxygen atoms in total. The number of rotatable bonds is 3. The molecular formula is C16H18ClN. The van der Waals surface area contributed by atoms with Gasteiger partial charge in [0.05, 0.1) is 6.04 Å². The average Bonchev–Trinajstić information content (AvgIpc) is 2.38. The Kier molecular flexibility index (Phi) is 4.05. The fourth-order valence-electron chi connectivity index (χ4n) is 2.07. The minimum atomic E-state index is -0.162. The predicted octanol–water partition coefficient (Wildman–Crippen LogP) is 4.26. The van der Waals surface area contributed by atoms with Gasteiger partial charge in [-0.1, -0.05) is 54.9 Å². The molecule has 2 rings (SSSR count). The van der Waals surface area contributed by atoms with Crippen LogP contribution in [0.15, 0.2) is 42.5 Å². The zero-order valence-electron chi connectivity index (χ0n) is 10.8. The minimum absolute atomic E-state index is 0.162. The third-order valence-corrected chi connectivity index (χ3v) is 3.54. The topological polar surface area (TPSA) is 26.0 Å². The van der Waals surface area contributed by atoms with Crippen LogP contribution in [0.2, 0.25) is 5.02 Å². The van der Waals surface area contributed by atoms with Gasteiger partial charge in [-0.05, 0) is 41.7 Å². The molecule has 0 heterocycles. The third-order valence-electron chi connectivity index (χ3n) is 3.21. The van der Waals surface area contributed by atoms with Crippen molar-refractivity contribution in [1.82, 2.24) is 0 Å². The molecule has 18 heavy (non-hydrogen) atoms. The van der Waals surface area contributed by atoms with Crippen LogP contribution in [0.1, 0.15) is 35.2 Å². The Morgan fingerprint density at radius 3 is 2.61 bits per heavy atom. The number of hydrogen-bond donors (Lipinski definition) is 1. The van der Waals surface area contributed by atoms with Crippen LogP contribution in [0.3, 0.4) is 0 Å². The molecular weight excluding hydrogens is 242 g/mol. The first-order valence-electron chi connectivity index (χ1n) is 6.22. The van der Waals surface area contributed by atoms with E-state index < -0.39 is 0 Å². The summed E-state index contributed by atoms with van der Waals surface area (Å²) < 4.78 is 0. The van der Waals surface area contributed by atoms with E-state index in [2.05, 4.69) is 31.2 Å². The number of benzene rings is 2. The van der Waals surface area contributed by atoms with E-state index in [0.717, 1.165) is 28.1 Å². The maximum Gasteiger partial charge on any atom is 0.0566 e. The Balaban J connectivity index is 2.37. The normalized spacial score (nSPS) is 12.4. The van der Waals surface area contributed by atoms with Crippen LogP contribution in [-0.2, 0) is 6.42 Å². The molecule has 0 aliphatic heterocycles. The van der Waals surface area contributed by atoms with Gasteiger partial charge in [0.1, 0.15) is 0 Å². The molecule has 0 saturated heterocycles. The molecule has 0 radical (unpaired) electrons.